The van der Waals surface area contributed by atoms with Gasteiger partial charge in [-0.15, -0.1) is 11.8 Å². The van der Waals surface area contributed by atoms with Gasteiger partial charge in [0.1, 0.15) is 5.76 Å². The highest BCUT2D eigenvalue weighted by molar-refractivity contribution is 8.00. The summed E-state index contributed by atoms with van der Waals surface area (Å²) in [5.74, 6) is 1.03. The topological polar surface area (TPSA) is 33.5 Å². The van der Waals surface area contributed by atoms with Crippen LogP contribution in [0.5, 0.6) is 0 Å². The maximum Gasteiger partial charge on any atom is 0.235 e. The van der Waals surface area contributed by atoms with Crippen LogP contribution in [0.3, 0.4) is 0 Å². The van der Waals surface area contributed by atoms with Crippen LogP contribution in [0, 0.1) is 6.92 Å². The fourth-order valence-electron chi connectivity index (χ4n) is 1.28. The maximum atomic E-state index is 12.0. The minimum atomic E-state index is -0.0799. The third-order valence-corrected chi connectivity index (χ3v) is 3.82. The molecule has 0 bridgehead atoms. The lowest BCUT2D eigenvalue weighted by Crippen LogP contribution is -2.38. The van der Waals surface area contributed by atoms with E-state index in [2.05, 4.69) is 0 Å². The molecule has 4 heteroatoms. The van der Waals surface area contributed by atoms with Crippen molar-refractivity contribution in [2.24, 2.45) is 0 Å². The normalized spacial score (nSPS) is 12.9. The summed E-state index contributed by atoms with van der Waals surface area (Å²) in [5.41, 5.74) is 0. The van der Waals surface area contributed by atoms with Crippen LogP contribution in [-0.4, -0.2) is 29.1 Å². The Morgan fingerprint density at radius 1 is 1.44 bits per heavy atom. The molecule has 0 spiro atoms. The number of carbonyl (C=O) groups excluding carboxylic acids is 1. The van der Waals surface area contributed by atoms with Gasteiger partial charge in [0.25, 0.3) is 0 Å². The van der Waals surface area contributed by atoms with Gasteiger partial charge in [-0.1, -0.05) is 0 Å². The highest BCUT2D eigenvalue weighted by atomic mass is 32.2. The largest absolute Gasteiger partial charge is 0.468 e. The summed E-state index contributed by atoms with van der Waals surface area (Å²) in [6, 6.07) is 2.14. The van der Waals surface area contributed by atoms with Crippen LogP contribution in [0.4, 0.5) is 0 Å². The Kier molecular flexibility index (Phi) is 4.47. The molecule has 1 aromatic rings. The van der Waals surface area contributed by atoms with Gasteiger partial charge < -0.3 is 9.32 Å². The summed E-state index contributed by atoms with van der Waals surface area (Å²) in [6.45, 7) is 7.86. The molecule has 0 N–H and O–H groups in total. The van der Waals surface area contributed by atoms with Crippen molar-refractivity contribution in [1.29, 1.82) is 0 Å². The highest BCUT2D eigenvalue weighted by Gasteiger charge is 2.21. The number of aryl methyl sites for hydroxylation is 1. The van der Waals surface area contributed by atoms with E-state index in [9.17, 15) is 4.79 Å². The fraction of sp³-hybridized carbons (Fsp3) is 0.583. The van der Waals surface area contributed by atoms with Crippen molar-refractivity contribution in [2.45, 2.75) is 43.9 Å². The number of hydrogen-bond acceptors (Lipinski definition) is 3. The summed E-state index contributed by atoms with van der Waals surface area (Å²) in [4.78, 5) is 14.8. The molecule has 0 radical (unpaired) electrons. The van der Waals surface area contributed by atoms with Gasteiger partial charge in [0, 0.05) is 18.0 Å². The Hall–Kier alpha value is -0.900. The molecule has 0 aliphatic heterocycles. The molecule has 0 saturated carbocycles. The van der Waals surface area contributed by atoms with Crippen LogP contribution in [0.25, 0.3) is 0 Å². The predicted molar refractivity (Wildman–Crippen MR) is 66.7 cm³/mol. The monoisotopic (exact) mass is 241 g/mol. The van der Waals surface area contributed by atoms with Crippen molar-refractivity contribution in [1.82, 2.24) is 4.90 Å². The summed E-state index contributed by atoms with van der Waals surface area (Å²) < 4.78 is 5.21. The molecule has 0 fully saturated rings. The highest BCUT2D eigenvalue weighted by Crippen LogP contribution is 2.28. The summed E-state index contributed by atoms with van der Waals surface area (Å²) in [5, 5.41) is -0.0799. The van der Waals surface area contributed by atoms with Gasteiger partial charge in [-0.25, -0.2) is 0 Å². The van der Waals surface area contributed by atoms with E-state index >= 15 is 0 Å². The standard InChI is InChI=1S/C12H19NO2S/c1-8(2)13(5)12(14)10(4)16-11-6-7-15-9(11)3/h6-8,10H,1-5H3/t10-/m0/s1. The number of nitrogens with zero attached hydrogens (tertiary/aromatic N) is 1. The van der Waals surface area contributed by atoms with Crippen LogP contribution >= 0.6 is 11.8 Å². The van der Waals surface area contributed by atoms with E-state index in [-0.39, 0.29) is 17.2 Å². The number of hydrogen-bond donors (Lipinski definition) is 0. The first kappa shape index (κ1) is 13.2. The number of furan rings is 1. The molecule has 1 rings (SSSR count). The van der Waals surface area contributed by atoms with Crippen LogP contribution in [0.15, 0.2) is 21.6 Å². The van der Waals surface area contributed by atoms with Gasteiger partial charge >= 0.3 is 0 Å². The molecule has 1 amide bonds. The summed E-state index contributed by atoms with van der Waals surface area (Å²) in [7, 11) is 1.84. The first-order valence-corrected chi connectivity index (χ1v) is 6.29. The van der Waals surface area contributed by atoms with E-state index in [4.69, 9.17) is 4.42 Å². The maximum absolute atomic E-state index is 12.0. The Bertz CT molecular complexity index is 360. The van der Waals surface area contributed by atoms with E-state index in [1.807, 2.05) is 40.8 Å². The van der Waals surface area contributed by atoms with E-state index in [1.54, 1.807) is 22.9 Å². The second-order valence-electron chi connectivity index (χ2n) is 4.14. The second kappa shape index (κ2) is 5.43. The minimum Gasteiger partial charge on any atom is -0.468 e. The van der Waals surface area contributed by atoms with E-state index in [0.717, 1.165) is 10.7 Å². The minimum absolute atomic E-state index is 0.0799. The van der Waals surface area contributed by atoms with Gasteiger partial charge in [0.05, 0.1) is 11.5 Å². The molecular weight excluding hydrogens is 222 g/mol. The molecule has 90 valence electrons. The first-order chi connectivity index (χ1) is 7.43. The molecule has 1 aromatic heterocycles. The second-order valence-corrected chi connectivity index (χ2v) is 5.53. The molecule has 3 nitrogen and oxygen atoms in total. The Morgan fingerprint density at radius 2 is 2.06 bits per heavy atom. The van der Waals surface area contributed by atoms with Crippen molar-refractivity contribution < 1.29 is 9.21 Å². The number of carbonyl (C=O) groups is 1. The Morgan fingerprint density at radius 3 is 2.50 bits per heavy atom. The zero-order valence-corrected chi connectivity index (χ0v) is 11.3. The third-order valence-electron chi connectivity index (χ3n) is 2.58. The summed E-state index contributed by atoms with van der Waals surface area (Å²) in [6.07, 6.45) is 1.65. The molecule has 1 heterocycles. The van der Waals surface area contributed by atoms with Gasteiger partial charge in [-0.3, -0.25) is 4.79 Å². The molecular formula is C12H19NO2S. The average Bonchev–Trinajstić information content (AvgIpc) is 2.62. The molecule has 1 atom stereocenters. The lowest BCUT2D eigenvalue weighted by molar-refractivity contribution is -0.130. The Labute approximate surface area is 101 Å². The fourth-order valence-corrected chi connectivity index (χ4v) is 2.27. The molecule has 0 aromatic carbocycles. The molecule has 0 aliphatic carbocycles. The molecule has 0 saturated heterocycles. The van der Waals surface area contributed by atoms with Gasteiger partial charge in [0.2, 0.25) is 5.91 Å². The number of thioether (sulfide) groups is 1. The van der Waals surface area contributed by atoms with Crippen molar-refractivity contribution >= 4 is 17.7 Å². The van der Waals surface area contributed by atoms with Crippen LogP contribution < -0.4 is 0 Å². The van der Waals surface area contributed by atoms with Gasteiger partial charge in [0.15, 0.2) is 0 Å². The van der Waals surface area contributed by atoms with E-state index in [1.165, 1.54) is 0 Å². The average molecular weight is 241 g/mol. The lowest BCUT2D eigenvalue weighted by atomic mass is 10.3. The zero-order valence-electron chi connectivity index (χ0n) is 10.5. The molecule has 0 aliphatic rings. The van der Waals surface area contributed by atoms with Crippen LogP contribution in [0.1, 0.15) is 26.5 Å². The molecule has 0 unspecified atom stereocenters. The van der Waals surface area contributed by atoms with Gasteiger partial charge in [-0.05, 0) is 33.8 Å². The first-order valence-electron chi connectivity index (χ1n) is 5.41. The smallest absolute Gasteiger partial charge is 0.235 e. The van der Waals surface area contributed by atoms with Crippen LogP contribution in [0.2, 0.25) is 0 Å². The van der Waals surface area contributed by atoms with E-state index in [0.29, 0.717) is 0 Å². The van der Waals surface area contributed by atoms with Crippen LogP contribution in [-0.2, 0) is 4.79 Å². The Balaban J connectivity index is 2.62. The lowest BCUT2D eigenvalue weighted by Gasteiger charge is -2.24. The van der Waals surface area contributed by atoms with E-state index < -0.39 is 0 Å². The van der Waals surface area contributed by atoms with Gasteiger partial charge in [-0.2, -0.15) is 0 Å². The SMILES string of the molecule is Cc1occc1S[C@@H](C)C(=O)N(C)C(C)C. The number of rotatable bonds is 4. The van der Waals surface area contributed by atoms with Crippen molar-refractivity contribution in [3.8, 4) is 0 Å². The quantitative estimate of drug-likeness (QED) is 0.760. The van der Waals surface area contributed by atoms with Crippen molar-refractivity contribution in [2.75, 3.05) is 7.05 Å². The number of amides is 1. The predicted octanol–water partition coefficient (Wildman–Crippen LogP) is 2.94. The molecule has 16 heavy (non-hydrogen) atoms. The van der Waals surface area contributed by atoms with Crippen molar-refractivity contribution in [3.63, 3.8) is 0 Å². The summed E-state index contributed by atoms with van der Waals surface area (Å²) >= 11 is 1.55. The van der Waals surface area contributed by atoms with Crippen molar-refractivity contribution in [3.05, 3.63) is 18.1 Å². The zero-order chi connectivity index (χ0) is 12.3. The third kappa shape index (κ3) is 3.04.